The molecule has 1 aromatic carbocycles. The molecule has 1 rings (SSSR count). The highest BCUT2D eigenvalue weighted by Crippen LogP contribution is 2.23. The molecule has 0 aliphatic carbocycles. The Hall–Kier alpha value is -1.48. The maximum Gasteiger partial charge on any atom is 0.298 e. The van der Waals surface area contributed by atoms with Crippen molar-refractivity contribution in [1.82, 2.24) is 0 Å². The van der Waals surface area contributed by atoms with Crippen molar-refractivity contribution in [3.63, 3.8) is 0 Å². The number of para-hydroxylation sites is 1. The molecular formula is C19H34N2O5S. The lowest BCUT2D eigenvalue weighted by atomic mass is 10.1. The second-order valence-corrected chi connectivity index (χ2v) is 7.73. The van der Waals surface area contributed by atoms with Gasteiger partial charge < -0.3 is 16.2 Å². The molecule has 0 aliphatic heterocycles. The lowest BCUT2D eigenvalue weighted by molar-refractivity contribution is -0.118. The Kier molecular flexibility index (Phi) is 13.8. The summed E-state index contributed by atoms with van der Waals surface area (Å²) in [6.45, 7) is 4.34. The van der Waals surface area contributed by atoms with E-state index in [2.05, 4.69) is 6.92 Å². The number of Topliss-reactive ketones (excluding diaryl/α,β-unsaturated/α-hetero) is 1. The fourth-order valence-electron chi connectivity index (χ4n) is 2.19. The number of carbonyl (C=O) groups is 1. The Morgan fingerprint density at radius 3 is 2.15 bits per heavy atom. The average Bonchev–Trinajstić information content (AvgIpc) is 2.63. The summed E-state index contributed by atoms with van der Waals surface area (Å²) in [4.78, 5) is 10.0. The summed E-state index contributed by atoms with van der Waals surface area (Å²) in [5.74, 6) is 0.170. The Morgan fingerprint density at radius 2 is 1.67 bits per heavy atom. The Bertz CT molecular complexity index is 635. The molecule has 0 aliphatic rings. The molecule has 0 aromatic heterocycles. The van der Waals surface area contributed by atoms with Crippen molar-refractivity contribution in [2.24, 2.45) is 11.5 Å². The molecule has 0 amide bonds. The van der Waals surface area contributed by atoms with E-state index in [4.69, 9.17) is 20.8 Å². The van der Waals surface area contributed by atoms with Gasteiger partial charge in [-0.2, -0.15) is 8.42 Å². The van der Waals surface area contributed by atoms with Gasteiger partial charge in [0.15, 0.2) is 0 Å². The number of ketones is 1. The second kappa shape index (κ2) is 14.6. The van der Waals surface area contributed by atoms with Crippen LogP contribution in [-0.4, -0.2) is 37.9 Å². The lowest BCUT2D eigenvalue weighted by Crippen LogP contribution is -2.35. The van der Waals surface area contributed by atoms with E-state index in [1.54, 1.807) is 18.2 Å². The molecule has 0 radical (unpaired) electrons. The first kappa shape index (κ1) is 25.5. The van der Waals surface area contributed by atoms with E-state index in [1.165, 1.54) is 45.1 Å². The van der Waals surface area contributed by atoms with E-state index in [-0.39, 0.29) is 23.0 Å². The standard InChI is InChI=1S/C15H24O4S.C4H10N2O/c1-2-3-4-5-6-7-10-13-19-14-11-8-9-12-15(14)20(16,17)18;1-3(7)4(6)2-5/h8-9,11-12H,2-7,10,13H2,1H3,(H,16,17,18);4H,2,5-6H2,1H3. The Balaban J connectivity index is 0.000000821. The van der Waals surface area contributed by atoms with E-state index in [0.717, 1.165) is 12.8 Å². The summed E-state index contributed by atoms with van der Waals surface area (Å²) in [7, 11) is -4.22. The fourth-order valence-corrected chi connectivity index (χ4v) is 2.82. The normalized spacial score (nSPS) is 12.0. The molecule has 27 heavy (non-hydrogen) atoms. The quantitative estimate of drug-likeness (QED) is 0.361. The largest absolute Gasteiger partial charge is 0.492 e. The van der Waals surface area contributed by atoms with Crippen LogP contribution >= 0.6 is 0 Å². The summed E-state index contributed by atoms with van der Waals surface area (Å²) in [5, 5.41) is 0. The van der Waals surface area contributed by atoms with Crippen molar-refractivity contribution < 1.29 is 22.5 Å². The summed E-state index contributed by atoms with van der Waals surface area (Å²) in [6, 6.07) is 5.69. The maximum absolute atomic E-state index is 11.2. The van der Waals surface area contributed by atoms with Crippen LogP contribution in [0.4, 0.5) is 0 Å². The lowest BCUT2D eigenvalue weighted by Gasteiger charge is -2.09. The van der Waals surface area contributed by atoms with Crippen LogP contribution in [0.15, 0.2) is 29.2 Å². The highest BCUT2D eigenvalue weighted by atomic mass is 32.2. The smallest absolute Gasteiger partial charge is 0.298 e. The van der Waals surface area contributed by atoms with Gasteiger partial charge in [-0.25, -0.2) is 0 Å². The zero-order chi connectivity index (χ0) is 20.7. The van der Waals surface area contributed by atoms with Gasteiger partial charge in [-0.3, -0.25) is 9.35 Å². The monoisotopic (exact) mass is 402 g/mol. The molecule has 7 nitrogen and oxygen atoms in total. The van der Waals surface area contributed by atoms with Gasteiger partial charge >= 0.3 is 0 Å². The Morgan fingerprint density at radius 1 is 1.11 bits per heavy atom. The van der Waals surface area contributed by atoms with Crippen molar-refractivity contribution in [1.29, 1.82) is 0 Å². The summed E-state index contributed by atoms with van der Waals surface area (Å²) in [5.41, 5.74) is 10.2. The van der Waals surface area contributed by atoms with Gasteiger partial charge in [0, 0.05) is 6.54 Å². The summed E-state index contributed by atoms with van der Waals surface area (Å²) >= 11 is 0. The van der Waals surface area contributed by atoms with Gasteiger partial charge in [-0.15, -0.1) is 0 Å². The van der Waals surface area contributed by atoms with Crippen LogP contribution in [0.25, 0.3) is 0 Å². The van der Waals surface area contributed by atoms with E-state index < -0.39 is 16.2 Å². The molecule has 156 valence electrons. The van der Waals surface area contributed by atoms with E-state index in [1.807, 2.05) is 0 Å². The minimum absolute atomic E-state index is 0.0532. The van der Waals surface area contributed by atoms with Gasteiger partial charge in [0.1, 0.15) is 16.4 Å². The average molecular weight is 403 g/mol. The SMILES string of the molecule is CC(=O)C(N)CN.CCCCCCCCCOc1ccccc1S(=O)(=O)O. The van der Waals surface area contributed by atoms with Crippen molar-refractivity contribution >= 4 is 15.9 Å². The first-order chi connectivity index (χ1) is 12.7. The van der Waals surface area contributed by atoms with Crippen molar-refractivity contribution in [2.45, 2.75) is 69.7 Å². The molecule has 0 saturated heterocycles. The van der Waals surface area contributed by atoms with Gasteiger partial charge in [-0.05, 0) is 25.5 Å². The van der Waals surface area contributed by atoms with Gasteiger partial charge in [0.05, 0.1) is 12.6 Å². The minimum atomic E-state index is -4.22. The molecule has 0 heterocycles. The number of unbranched alkanes of at least 4 members (excludes halogenated alkanes) is 6. The first-order valence-corrected chi connectivity index (χ1v) is 10.8. The van der Waals surface area contributed by atoms with Crippen LogP contribution in [-0.2, 0) is 14.9 Å². The predicted octanol–water partition coefficient (Wildman–Crippen LogP) is 2.92. The Labute approximate surface area is 163 Å². The number of ether oxygens (including phenoxy) is 1. The van der Waals surface area contributed by atoms with Crippen LogP contribution in [0.2, 0.25) is 0 Å². The highest BCUT2D eigenvalue weighted by molar-refractivity contribution is 7.86. The number of hydrogen-bond acceptors (Lipinski definition) is 6. The number of rotatable bonds is 12. The summed E-state index contributed by atoms with van der Waals surface area (Å²) < 4.78 is 36.9. The third-order valence-corrected chi connectivity index (χ3v) is 4.80. The molecule has 1 unspecified atom stereocenters. The molecular weight excluding hydrogens is 368 g/mol. The molecule has 0 fully saturated rings. The molecule has 0 spiro atoms. The van der Waals surface area contributed by atoms with Gasteiger partial charge in [-0.1, -0.05) is 57.6 Å². The predicted molar refractivity (Wildman–Crippen MR) is 107 cm³/mol. The first-order valence-electron chi connectivity index (χ1n) is 9.39. The zero-order valence-electron chi connectivity index (χ0n) is 16.4. The topological polar surface area (TPSA) is 133 Å². The number of benzene rings is 1. The van der Waals surface area contributed by atoms with Crippen molar-refractivity contribution in [3.8, 4) is 5.75 Å². The fraction of sp³-hybridized carbons (Fsp3) is 0.632. The van der Waals surface area contributed by atoms with Gasteiger partial charge in [0.25, 0.3) is 10.1 Å². The third-order valence-electron chi connectivity index (χ3n) is 3.91. The zero-order valence-corrected chi connectivity index (χ0v) is 17.2. The highest BCUT2D eigenvalue weighted by Gasteiger charge is 2.15. The van der Waals surface area contributed by atoms with Crippen molar-refractivity contribution in [3.05, 3.63) is 24.3 Å². The molecule has 0 bridgehead atoms. The molecule has 8 heteroatoms. The number of hydrogen-bond donors (Lipinski definition) is 3. The van der Waals surface area contributed by atoms with E-state index in [9.17, 15) is 13.2 Å². The van der Waals surface area contributed by atoms with E-state index >= 15 is 0 Å². The number of carbonyl (C=O) groups excluding carboxylic acids is 1. The maximum atomic E-state index is 11.2. The number of nitrogens with two attached hydrogens (primary N) is 2. The third kappa shape index (κ3) is 12.5. The minimum Gasteiger partial charge on any atom is -0.492 e. The molecule has 1 atom stereocenters. The molecule has 5 N–H and O–H groups in total. The van der Waals surface area contributed by atoms with Crippen LogP contribution in [0.3, 0.4) is 0 Å². The molecule has 1 aromatic rings. The van der Waals surface area contributed by atoms with Crippen LogP contribution in [0.1, 0.15) is 58.8 Å². The van der Waals surface area contributed by atoms with E-state index in [0.29, 0.717) is 6.61 Å². The van der Waals surface area contributed by atoms with Crippen LogP contribution in [0, 0.1) is 0 Å². The van der Waals surface area contributed by atoms with Crippen LogP contribution < -0.4 is 16.2 Å². The van der Waals surface area contributed by atoms with Crippen molar-refractivity contribution in [2.75, 3.05) is 13.2 Å². The second-order valence-electron chi connectivity index (χ2n) is 6.34. The molecule has 0 saturated carbocycles. The van der Waals surface area contributed by atoms with Gasteiger partial charge in [0.2, 0.25) is 0 Å². The van der Waals surface area contributed by atoms with Crippen LogP contribution in [0.5, 0.6) is 5.75 Å². The summed E-state index contributed by atoms with van der Waals surface area (Å²) in [6.07, 6.45) is 8.22.